The Kier molecular flexibility index (Phi) is 9.24. The van der Waals surface area contributed by atoms with E-state index in [1.54, 1.807) is 24.3 Å². The average Bonchev–Trinajstić information content (AvgIpc) is 2.86. The van der Waals surface area contributed by atoms with Gasteiger partial charge in [-0.3, -0.25) is 15.0 Å². The van der Waals surface area contributed by atoms with Crippen LogP contribution in [0.4, 0.5) is 11.4 Å². The number of halogens is 3. The van der Waals surface area contributed by atoms with Gasteiger partial charge in [0.05, 0.1) is 0 Å². The van der Waals surface area contributed by atoms with Gasteiger partial charge in [0, 0.05) is 65.2 Å². The summed E-state index contributed by atoms with van der Waals surface area (Å²) in [5.41, 5.74) is 3.80. The second kappa shape index (κ2) is 12.6. The van der Waals surface area contributed by atoms with E-state index in [0.717, 1.165) is 54.7 Å². The largest absolute Gasteiger partial charge is 0.369 e. The zero-order valence-electron chi connectivity index (χ0n) is 19.4. The van der Waals surface area contributed by atoms with Crippen LogP contribution >= 0.6 is 47.0 Å². The number of benzene rings is 3. The first-order valence-electron chi connectivity index (χ1n) is 11.4. The van der Waals surface area contributed by atoms with E-state index >= 15 is 0 Å². The molecule has 0 aliphatic carbocycles. The van der Waals surface area contributed by atoms with Crippen LogP contribution in [0, 0.1) is 0 Å². The van der Waals surface area contributed by atoms with Crippen molar-refractivity contribution in [2.45, 2.75) is 6.54 Å². The summed E-state index contributed by atoms with van der Waals surface area (Å²) in [7, 11) is 0. The van der Waals surface area contributed by atoms with Crippen molar-refractivity contribution in [3.63, 3.8) is 0 Å². The molecule has 1 aliphatic rings. The molecule has 0 unspecified atom stereocenters. The summed E-state index contributed by atoms with van der Waals surface area (Å²) >= 11 is 23.6. The number of rotatable bonds is 6. The molecule has 3 aromatic rings. The predicted molar refractivity (Wildman–Crippen MR) is 155 cm³/mol. The molecule has 0 radical (unpaired) electrons. The Hall–Kier alpha value is -2.61. The summed E-state index contributed by atoms with van der Waals surface area (Å²) in [5.74, 6) is -0.357. The van der Waals surface area contributed by atoms with Gasteiger partial charge in [-0.05, 0) is 71.9 Å². The Labute approximate surface area is 231 Å². The molecule has 1 heterocycles. The zero-order valence-corrected chi connectivity index (χ0v) is 22.5. The minimum absolute atomic E-state index is 0.216. The molecule has 1 aliphatic heterocycles. The standard InChI is InChI=1S/C27H25Cl3N4OS/c28-21-7-5-19(25(30)17-21)6-12-26(35)32-27(36)31-22-8-10-23(11-9-22)34-15-13-33(14-16-34)18-20-3-1-2-4-24(20)29/h1-12,17H,13-16,18H2,(H2,31,32,35,36)/b12-6+. The topological polar surface area (TPSA) is 47.6 Å². The van der Waals surface area contributed by atoms with Crippen molar-refractivity contribution < 1.29 is 4.79 Å². The van der Waals surface area contributed by atoms with Crippen LogP contribution in [0.15, 0.2) is 72.8 Å². The van der Waals surface area contributed by atoms with Crippen LogP contribution in [0.3, 0.4) is 0 Å². The molecule has 0 atom stereocenters. The molecule has 0 bridgehead atoms. The lowest BCUT2D eigenvalue weighted by Gasteiger charge is -2.36. The van der Waals surface area contributed by atoms with Gasteiger partial charge in [-0.2, -0.15) is 0 Å². The molecule has 1 fully saturated rings. The normalized spacial score (nSPS) is 14.1. The van der Waals surface area contributed by atoms with Crippen molar-refractivity contribution >= 4 is 75.5 Å². The number of anilines is 2. The van der Waals surface area contributed by atoms with Crippen molar-refractivity contribution in [1.82, 2.24) is 10.2 Å². The third-order valence-electron chi connectivity index (χ3n) is 5.83. The molecule has 36 heavy (non-hydrogen) atoms. The fourth-order valence-electron chi connectivity index (χ4n) is 3.91. The highest BCUT2D eigenvalue weighted by Crippen LogP contribution is 2.23. The molecule has 5 nitrogen and oxygen atoms in total. The van der Waals surface area contributed by atoms with E-state index in [0.29, 0.717) is 15.6 Å². The smallest absolute Gasteiger partial charge is 0.250 e. The first kappa shape index (κ1) is 26.5. The van der Waals surface area contributed by atoms with E-state index in [2.05, 4.69) is 38.6 Å². The molecular formula is C27H25Cl3N4OS. The van der Waals surface area contributed by atoms with Crippen molar-refractivity contribution in [1.29, 1.82) is 0 Å². The highest BCUT2D eigenvalue weighted by Gasteiger charge is 2.18. The maximum absolute atomic E-state index is 12.2. The summed E-state index contributed by atoms with van der Waals surface area (Å²) in [5, 5.41) is 7.72. The number of hydrogen-bond donors (Lipinski definition) is 2. The predicted octanol–water partition coefficient (Wildman–Crippen LogP) is 6.50. The fraction of sp³-hybridized carbons (Fsp3) is 0.185. The summed E-state index contributed by atoms with van der Waals surface area (Å²) in [6.07, 6.45) is 2.98. The molecular weight excluding hydrogens is 535 g/mol. The zero-order chi connectivity index (χ0) is 25.5. The minimum Gasteiger partial charge on any atom is -0.369 e. The molecule has 4 rings (SSSR count). The molecule has 0 saturated carbocycles. The van der Waals surface area contributed by atoms with Gasteiger partial charge in [0.2, 0.25) is 5.91 Å². The van der Waals surface area contributed by atoms with Gasteiger partial charge in [0.1, 0.15) is 0 Å². The monoisotopic (exact) mass is 558 g/mol. The van der Waals surface area contributed by atoms with E-state index in [-0.39, 0.29) is 11.0 Å². The Morgan fingerprint density at radius 3 is 2.33 bits per heavy atom. The molecule has 186 valence electrons. The first-order chi connectivity index (χ1) is 17.4. The van der Waals surface area contributed by atoms with Crippen LogP contribution in [0.5, 0.6) is 0 Å². The number of nitrogens with one attached hydrogen (secondary N) is 2. The van der Waals surface area contributed by atoms with Crippen LogP contribution in [0.25, 0.3) is 6.08 Å². The molecule has 3 aromatic carbocycles. The summed E-state index contributed by atoms with van der Waals surface area (Å²) in [6.45, 7) is 4.68. The third kappa shape index (κ3) is 7.45. The molecule has 1 amide bonds. The molecule has 2 N–H and O–H groups in total. The Balaban J connectivity index is 1.24. The van der Waals surface area contributed by atoms with E-state index in [9.17, 15) is 4.79 Å². The number of thiocarbonyl (C=S) groups is 1. The van der Waals surface area contributed by atoms with Crippen molar-refractivity contribution in [3.8, 4) is 0 Å². The highest BCUT2D eigenvalue weighted by molar-refractivity contribution is 7.80. The van der Waals surface area contributed by atoms with Gasteiger partial charge in [-0.25, -0.2) is 0 Å². The number of piperazine rings is 1. The van der Waals surface area contributed by atoms with Gasteiger partial charge in [0.25, 0.3) is 0 Å². The minimum atomic E-state index is -0.357. The van der Waals surface area contributed by atoms with Crippen molar-refractivity contribution in [2.24, 2.45) is 0 Å². The highest BCUT2D eigenvalue weighted by atomic mass is 35.5. The second-order valence-electron chi connectivity index (χ2n) is 8.34. The summed E-state index contributed by atoms with van der Waals surface area (Å²) in [4.78, 5) is 17.0. The van der Waals surface area contributed by atoms with Crippen LogP contribution in [0.2, 0.25) is 15.1 Å². The number of nitrogens with zero attached hydrogens (tertiary/aromatic N) is 2. The quantitative estimate of drug-likeness (QED) is 0.267. The lowest BCUT2D eigenvalue weighted by Crippen LogP contribution is -2.46. The van der Waals surface area contributed by atoms with E-state index in [1.807, 2.05) is 30.3 Å². The van der Waals surface area contributed by atoms with Crippen molar-refractivity contribution in [2.75, 3.05) is 36.4 Å². The molecule has 1 saturated heterocycles. The average molecular weight is 560 g/mol. The van der Waals surface area contributed by atoms with Crippen LogP contribution in [-0.4, -0.2) is 42.1 Å². The van der Waals surface area contributed by atoms with Crippen LogP contribution in [0.1, 0.15) is 11.1 Å². The van der Waals surface area contributed by atoms with Gasteiger partial charge in [0.15, 0.2) is 5.11 Å². The number of carbonyl (C=O) groups is 1. The number of carbonyl (C=O) groups excluding carboxylic acids is 1. The van der Waals surface area contributed by atoms with E-state index in [1.165, 1.54) is 6.08 Å². The van der Waals surface area contributed by atoms with Gasteiger partial charge in [-0.1, -0.05) is 59.1 Å². The maximum atomic E-state index is 12.2. The van der Waals surface area contributed by atoms with E-state index < -0.39 is 0 Å². The van der Waals surface area contributed by atoms with Crippen molar-refractivity contribution in [3.05, 3.63) is 99.0 Å². The van der Waals surface area contributed by atoms with Crippen LogP contribution in [-0.2, 0) is 11.3 Å². The SMILES string of the molecule is O=C(/C=C/c1ccc(Cl)cc1Cl)NC(=S)Nc1ccc(N2CCN(Cc3ccccc3Cl)CC2)cc1. The molecule has 0 aromatic heterocycles. The van der Waals surface area contributed by atoms with Gasteiger partial charge in [-0.15, -0.1) is 0 Å². The summed E-state index contributed by atoms with van der Waals surface area (Å²) in [6, 6.07) is 21.1. The molecule has 0 spiro atoms. The Bertz CT molecular complexity index is 1260. The lowest BCUT2D eigenvalue weighted by molar-refractivity contribution is -0.115. The number of hydrogen-bond acceptors (Lipinski definition) is 4. The second-order valence-corrected chi connectivity index (χ2v) is 10.0. The summed E-state index contributed by atoms with van der Waals surface area (Å²) < 4.78 is 0. The number of amides is 1. The maximum Gasteiger partial charge on any atom is 0.250 e. The Morgan fingerprint density at radius 2 is 1.64 bits per heavy atom. The third-order valence-corrected chi connectivity index (χ3v) is 6.96. The van der Waals surface area contributed by atoms with Gasteiger partial charge >= 0.3 is 0 Å². The van der Waals surface area contributed by atoms with E-state index in [4.69, 9.17) is 47.0 Å². The van der Waals surface area contributed by atoms with Gasteiger partial charge < -0.3 is 10.2 Å². The first-order valence-corrected chi connectivity index (χ1v) is 13.0. The lowest BCUT2D eigenvalue weighted by atomic mass is 10.2. The molecule has 9 heteroatoms. The fourth-order valence-corrected chi connectivity index (χ4v) is 4.79. The Morgan fingerprint density at radius 1 is 0.917 bits per heavy atom. The van der Waals surface area contributed by atoms with Crippen LogP contribution < -0.4 is 15.5 Å².